The molecule has 0 saturated carbocycles. The van der Waals surface area contributed by atoms with Crippen molar-refractivity contribution in [2.45, 2.75) is 331 Å². The van der Waals surface area contributed by atoms with Gasteiger partial charge < -0.3 is 19.1 Å². The van der Waals surface area contributed by atoms with Crippen LogP contribution in [0, 0.1) is 28.1 Å². The van der Waals surface area contributed by atoms with Gasteiger partial charge in [-0.05, 0) is 118 Å². The Morgan fingerprint density at radius 2 is 0.711 bits per heavy atom. The Labute approximate surface area is 474 Å². The quantitative estimate of drug-likeness (QED) is 0.0260. The van der Waals surface area contributed by atoms with Gasteiger partial charge in [0.2, 0.25) is 0 Å². The number of rotatable bonds is 53. The van der Waals surface area contributed by atoms with E-state index in [4.69, 9.17) is 14.2 Å². The van der Waals surface area contributed by atoms with Crippen molar-refractivity contribution >= 4 is 25.8 Å². The summed E-state index contributed by atoms with van der Waals surface area (Å²) in [4.78, 5) is 42.4. The highest BCUT2D eigenvalue weighted by atomic mass is 31.1. The van der Waals surface area contributed by atoms with Gasteiger partial charge in [-0.1, -0.05) is 261 Å². The van der Waals surface area contributed by atoms with E-state index in [2.05, 4.69) is 60.3 Å². The number of fused-ring (bicyclic) bond motifs is 2. The first-order valence-electron chi connectivity index (χ1n) is 33.8. The first-order chi connectivity index (χ1) is 36.9. The molecule has 76 heavy (non-hydrogen) atoms. The van der Waals surface area contributed by atoms with Crippen LogP contribution in [0.4, 0.5) is 0 Å². The lowest BCUT2D eigenvalue weighted by Crippen LogP contribution is -2.49. The van der Waals surface area contributed by atoms with E-state index < -0.39 is 0 Å². The number of carbonyl (C=O) groups excluding carboxylic acids is 3. The number of unbranched alkanes of at least 4 members (excludes halogenated alkanes) is 24. The Bertz CT molecular complexity index is 1370. The third kappa shape index (κ3) is 35.5. The van der Waals surface area contributed by atoms with E-state index >= 15 is 0 Å². The standard InChI is InChI=1S/C68H130NO6P/c1-9-15-19-23-27-31-35-40-61(41-36-32-28-24-20-16-10-2)45-47-64(71)74-54-50-67(8)57-68(56-66(7,58-76(59-67)60-68)49-53-73-63(70)44-39-52-69(13-5)14-6)51-55-75-65(72)48-46-62(42-37-33-29-25-21-17-11-3)43-38-34-30-26-22-18-12-4/h61-62H,9-60H2,1-8H3. The molecule has 2 aliphatic rings. The predicted octanol–water partition coefficient (Wildman–Crippen LogP) is 20.6. The van der Waals surface area contributed by atoms with Gasteiger partial charge in [0.05, 0.1) is 19.8 Å². The lowest BCUT2D eigenvalue weighted by atomic mass is 9.62. The summed E-state index contributed by atoms with van der Waals surface area (Å²) in [6.07, 6.45) is 55.3. The molecule has 0 aromatic carbocycles. The summed E-state index contributed by atoms with van der Waals surface area (Å²) in [5.41, 5.74) is 0.242. The largest absolute Gasteiger partial charge is 0.466 e. The minimum Gasteiger partial charge on any atom is -0.466 e. The van der Waals surface area contributed by atoms with Gasteiger partial charge in [0.1, 0.15) is 0 Å². The molecule has 2 bridgehead atoms. The molecular formula is C68H130NO6P. The van der Waals surface area contributed by atoms with Gasteiger partial charge in [-0.15, -0.1) is 7.92 Å². The normalized spacial score (nSPS) is 20.5. The molecule has 2 saturated heterocycles. The van der Waals surface area contributed by atoms with E-state index in [0.29, 0.717) is 50.9 Å². The molecular weight excluding hydrogens is 958 g/mol. The molecule has 0 aliphatic carbocycles. The van der Waals surface area contributed by atoms with Gasteiger partial charge in [0.15, 0.2) is 0 Å². The molecule has 2 heterocycles. The third-order valence-electron chi connectivity index (χ3n) is 18.3. The molecule has 7 nitrogen and oxygen atoms in total. The Morgan fingerprint density at radius 1 is 0.395 bits per heavy atom. The average molecular weight is 1090 g/mol. The van der Waals surface area contributed by atoms with Crippen molar-refractivity contribution in [2.24, 2.45) is 28.1 Å². The minimum atomic E-state index is -0.270. The van der Waals surface area contributed by atoms with E-state index in [0.717, 1.165) is 71.0 Å². The molecule has 0 N–H and O–H groups in total. The summed E-state index contributed by atoms with van der Waals surface area (Å²) in [7, 11) is -0.270. The molecule has 0 aromatic heterocycles. The van der Waals surface area contributed by atoms with Crippen molar-refractivity contribution in [1.29, 1.82) is 0 Å². The van der Waals surface area contributed by atoms with Crippen LogP contribution in [0.3, 0.4) is 0 Å². The highest BCUT2D eigenvalue weighted by Crippen LogP contribution is 2.67. The van der Waals surface area contributed by atoms with Gasteiger partial charge >= 0.3 is 17.9 Å². The monoisotopic (exact) mass is 1090 g/mol. The smallest absolute Gasteiger partial charge is 0.305 e. The van der Waals surface area contributed by atoms with Gasteiger partial charge in [0, 0.05) is 19.3 Å². The van der Waals surface area contributed by atoms with E-state index in [9.17, 15) is 14.4 Å². The summed E-state index contributed by atoms with van der Waals surface area (Å²) in [5.74, 6) is 1.18. The van der Waals surface area contributed by atoms with Crippen LogP contribution in [-0.4, -0.2) is 80.7 Å². The highest BCUT2D eigenvalue weighted by Gasteiger charge is 2.53. The van der Waals surface area contributed by atoms with Crippen LogP contribution in [0.2, 0.25) is 0 Å². The molecule has 4 atom stereocenters. The van der Waals surface area contributed by atoms with Crippen LogP contribution >= 0.6 is 7.92 Å². The number of hydrogen-bond acceptors (Lipinski definition) is 7. The maximum absolute atomic E-state index is 13.6. The van der Waals surface area contributed by atoms with E-state index in [-0.39, 0.29) is 42.1 Å². The van der Waals surface area contributed by atoms with Crippen molar-refractivity contribution < 1.29 is 28.6 Å². The molecule has 448 valence electrons. The van der Waals surface area contributed by atoms with E-state index in [1.807, 2.05) is 0 Å². The van der Waals surface area contributed by atoms with Crippen molar-refractivity contribution in [3.8, 4) is 0 Å². The number of esters is 3. The number of ether oxygens (including phenoxy) is 3. The highest BCUT2D eigenvalue weighted by molar-refractivity contribution is 7.58. The number of hydrogen-bond donors (Lipinski definition) is 0. The maximum Gasteiger partial charge on any atom is 0.305 e. The van der Waals surface area contributed by atoms with Crippen molar-refractivity contribution in [2.75, 3.05) is 57.9 Å². The van der Waals surface area contributed by atoms with Crippen molar-refractivity contribution in [3.63, 3.8) is 0 Å². The van der Waals surface area contributed by atoms with Crippen LogP contribution in [0.5, 0.6) is 0 Å². The van der Waals surface area contributed by atoms with Crippen LogP contribution < -0.4 is 0 Å². The summed E-state index contributed by atoms with van der Waals surface area (Å²) >= 11 is 0. The second-order valence-corrected chi connectivity index (χ2v) is 28.4. The Hall–Kier alpha value is -1.20. The number of nitrogens with zero attached hydrogens (tertiary/aromatic N) is 1. The summed E-state index contributed by atoms with van der Waals surface area (Å²) in [6.45, 7) is 22.9. The Morgan fingerprint density at radius 3 is 1.05 bits per heavy atom. The average Bonchev–Trinajstić information content (AvgIpc) is 3.41. The lowest BCUT2D eigenvalue weighted by molar-refractivity contribution is -0.145. The summed E-state index contributed by atoms with van der Waals surface area (Å²) in [6, 6.07) is 0. The molecule has 0 radical (unpaired) electrons. The Kier molecular flexibility index (Phi) is 42.4. The SMILES string of the molecule is CCCCCCCCCC(CCCCCCCCC)CCC(=O)OCCC1(C)CP2CC(C)(CCOC(=O)CCCN(CC)CC)CC(CCOC(=O)CCC(CCCCCCCCC)CCCCCCCCC)(C2)C1. The molecule has 0 amide bonds. The molecule has 4 unspecified atom stereocenters. The second-order valence-electron chi connectivity index (χ2n) is 26.1. The molecule has 8 heteroatoms. The zero-order valence-corrected chi connectivity index (χ0v) is 53.2. The van der Waals surface area contributed by atoms with Crippen LogP contribution in [-0.2, 0) is 28.6 Å². The number of carbonyl (C=O) groups is 3. The van der Waals surface area contributed by atoms with Crippen LogP contribution in [0.1, 0.15) is 331 Å². The summed E-state index contributed by atoms with van der Waals surface area (Å²) in [5, 5.41) is 0. The fourth-order valence-electron chi connectivity index (χ4n) is 13.9. The summed E-state index contributed by atoms with van der Waals surface area (Å²) < 4.78 is 18.3. The van der Waals surface area contributed by atoms with E-state index in [1.165, 1.54) is 224 Å². The minimum absolute atomic E-state index is 0.00157. The van der Waals surface area contributed by atoms with Crippen LogP contribution in [0.25, 0.3) is 0 Å². The molecule has 0 aromatic rings. The fourth-order valence-corrected chi connectivity index (χ4v) is 18.3. The topological polar surface area (TPSA) is 82.1 Å². The fraction of sp³-hybridized carbons (Fsp3) is 0.956. The van der Waals surface area contributed by atoms with Crippen molar-refractivity contribution in [1.82, 2.24) is 4.90 Å². The first kappa shape index (κ1) is 70.9. The molecule has 2 fully saturated rings. The molecule has 0 spiro atoms. The second kappa shape index (κ2) is 45.4. The van der Waals surface area contributed by atoms with Gasteiger partial charge in [0.25, 0.3) is 0 Å². The lowest BCUT2D eigenvalue weighted by Gasteiger charge is -2.58. The maximum atomic E-state index is 13.6. The van der Waals surface area contributed by atoms with Gasteiger partial charge in [-0.3, -0.25) is 14.4 Å². The van der Waals surface area contributed by atoms with Crippen LogP contribution in [0.15, 0.2) is 0 Å². The first-order valence-corrected chi connectivity index (χ1v) is 35.7. The van der Waals surface area contributed by atoms with Gasteiger partial charge in [-0.2, -0.15) is 0 Å². The van der Waals surface area contributed by atoms with E-state index in [1.54, 1.807) is 0 Å². The Balaban J connectivity index is 2.06. The zero-order valence-electron chi connectivity index (χ0n) is 52.3. The zero-order chi connectivity index (χ0) is 55.4. The molecule has 2 aliphatic heterocycles. The van der Waals surface area contributed by atoms with Crippen molar-refractivity contribution in [3.05, 3.63) is 0 Å². The third-order valence-corrected chi connectivity index (χ3v) is 21.9. The predicted molar refractivity (Wildman–Crippen MR) is 329 cm³/mol. The van der Waals surface area contributed by atoms with Gasteiger partial charge in [-0.25, -0.2) is 0 Å². The molecule has 2 rings (SSSR count).